The van der Waals surface area contributed by atoms with E-state index >= 15 is 0 Å². The number of hydrogen-bond acceptors (Lipinski definition) is 12. The first kappa shape index (κ1) is 38.3. The highest BCUT2D eigenvalue weighted by Gasteiger charge is 2.20. The van der Waals surface area contributed by atoms with Crippen LogP contribution in [0.1, 0.15) is 26.7 Å². The lowest BCUT2D eigenvalue weighted by atomic mass is 10.2. The fraction of sp³-hybridized carbons (Fsp3) is 0.706. The van der Waals surface area contributed by atoms with Gasteiger partial charge in [0.15, 0.2) is 0 Å². The Bertz CT molecular complexity index is 585. The number of carbonyl (C=O) groups is 5. The number of carboxylic acid groups (broad SMARTS) is 5. The Balaban J connectivity index is -0.000000167. The molecule has 1 rings (SSSR count). The standard InChI is InChI=1S/C5H9NO2.C4H9NO3.C3H7NO3.C3H7NO2.C2H5NO2/c7-5(8)4-2-1-3-6-4;1-2(6)3(5)4(7)8;4-2(1-5)3(6)7;1-2(4)3(5)6;3-1-2(4)5/h4,6H,1-3H2,(H,7,8);2-3,6H,5H2,1H3,(H,7,8);2,5H,1,4H2,(H,6,7);2H,4H2,1H3,(H,5,6);1,3H2,(H,4,5). The van der Waals surface area contributed by atoms with Crippen molar-refractivity contribution in [3.05, 3.63) is 0 Å². The largest absolute Gasteiger partial charge is 0.480 e. The van der Waals surface area contributed by atoms with E-state index in [0.717, 1.165) is 19.4 Å². The first-order valence-corrected chi connectivity index (χ1v) is 9.58. The number of carboxylic acids is 5. The van der Waals surface area contributed by atoms with Crippen LogP contribution in [0, 0.1) is 0 Å². The van der Waals surface area contributed by atoms with Crippen molar-refractivity contribution in [1.29, 1.82) is 0 Å². The lowest BCUT2D eigenvalue weighted by Crippen LogP contribution is -2.39. The summed E-state index contributed by atoms with van der Waals surface area (Å²) in [5.74, 6) is -5.01. The summed E-state index contributed by atoms with van der Waals surface area (Å²) >= 11 is 0. The van der Waals surface area contributed by atoms with Gasteiger partial charge in [-0.1, -0.05) is 0 Å². The SMILES string of the molecule is CC(N)C(=O)O.CC(O)C(N)C(=O)O.NC(CO)C(=O)O.NCC(=O)O.O=C(O)C1CCCN1. The maximum absolute atomic E-state index is 10.1. The number of nitrogens with two attached hydrogens (primary N) is 4. The van der Waals surface area contributed by atoms with Gasteiger partial charge in [-0.15, -0.1) is 0 Å². The Morgan fingerprint density at radius 3 is 1.38 bits per heavy atom. The quantitative estimate of drug-likeness (QED) is 0.155. The van der Waals surface area contributed by atoms with Gasteiger partial charge in [0.05, 0.1) is 19.3 Å². The van der Waals surface area contributed by atoms with Crippen molar-refractivity contribution in [2.75, 3.05) is 19.7 Å². The van der Waals surface area contributed by atoms with Gasteiger partial charge in [0.2, 0.25) is 0 Å². The van der Waals surface area contributed by atoms with Crippen LogP contribution in [0.25, 0.3) is 0 Å². The molecule has 0 saturated carbocycles. The van der Waals surface area contributed by atoms with Crippen molar-refractivity contribution in [3.8, 4) is 0 Å². The molecule has 0 aromatic heterocycles. The number of rotatable bonds is 7. The highest BCUT2D eigenvalue weighted by molar-refractivity contribution is 5.74. The van der Waals surface area contributed by atoms with E-state index in [1.807, 2.05) is 0 Å². The second kappa shape index (κ2) is 23.2. The molecular formula is C17H37N5O12. The fourth-order valence-corrected chi connectivity index (χ4v) is 1.18. The lowest BCUT2D eigenvalue weighted by Gasteiger charge is -2.06. The monoisotopic (exact) mass is 503 g/mol. The Morgan fingerprint density at radius 1 is 0.912 bits per heavy atom. The van der Waals surface area contributed by atoms with Gasteiger partial charge in [-0.2, -0.15) is 0 Å². The van der Waals surface area contributed by atoms with Crippen LogP contribution in [0.2, 0.25) is 0 Å². The van der Waals surface area contributed by atoms with Crippen LogP contribution >= 0.6 is 0 Å². The minimum Gasteiger partial charge on any atom is -0.480 e. The first-order valence-electron chi connectivity index (χ1n) is 9.58. The number of hydrogen-bond donors (Lipinski definition) is 12. The molecule has 16 N–H and O–H groups in total. The second-order valence-corrected chi connectivity index (χ2v) is 6.44. The van der Waals surface area contributed by atoms with Crippen LogP contribution < -0.4 is 28.3 Å². The van der Waals surface area contributed by atoms with E-state index in [1.54, 1.807) is 0 Å². The summed E-state index contributed by atoms with van der Waals surface area (Å²) < 4.78 is 0. The van der Waals surface area contributed by atoms with Crippen LogP contribution in [-0.4, -0.2) is 116 Å². The molecule has 1 saturated heterocycles. The molecule has 0 aromatic carbocycles. The van der Waals surface area contributed by atoms with Crippen molar-refractivity contribution in [1.82, 2.24) is 5.32 Å². The van der Waals surface area contributed by atoms with Crippen molar-refractivity contribution in [2.45, 2.75) is 57.0 Å². The van der Waals surface area contributed by atoms with E-state index in [2.05, 4.69) is 11.1 Å². The summed E-state index contributed by atoms with van der Waals surface area (Å²) in [5.41, 5.74) is 19.1. The van der Waals surface area contributed by atoms with Crippen LogP contribution in [0.3, 0.4) is 0 Å². The number of aliphatic hydroxyl groups is 2. The summed E-state index contributed by atoms with van der Waals surface area (Å²) in [5, 5.41) is 59.1. The molecule has 0 bridgehead atoms. The normalized spacial score (nSPS) is 17.0. The van der Waals surface area contributed by atoms with Crippen molar-refractivity contribution in [2.24, 2.45) is 22.9 Å². The minimum absolute atomic E-state index is 0.269. The molecule has 5 unspecified atom stereocenters. The molecule has 5 atom stereocenters. The molecule has 17 nitrogen and oxygen atoms in total. The molecule has 0 radical (unpaired) electrons. The average molecular weight is 504 g/mol. The summed E-state index contributed by atoms with van der Waals surface area (Å²) in [6, 6.07) is -3.28. The van der Waals surface area contributed by atoms with Gasteiger partial charge in [-0.05, 0) is 33.2 Å². The summed E-state index contributed by atoms with van der Waals surface area (Å²) in [7, 11) is 0. The highest BCUT2D eigenvalue weighted by atomic mass is 16.4. The molecule has 1 fully saturated rings. The van der Waals surface area contributed by atoms with Gasteiger partial charge >= 0.3 is 29.8 Å². The molecule has 0 amide bonds. The average Bonchev–Trinajstić information content (AvgIpc) is 3.29. The maximum atomic E-state index is 10.1. The van der Waals surface area contributed by atoms with E-state index in [0.29, 0.717) is 0 Å². The third kappa shape index (κ3) is 29.1. The van der Waals surface area contributed by atoms with Gasteiger partial charge in [-0.25, -0.2) is 0 Å². The Labute approximate surface area is 195 Å². The zero-order valence-electron chi connectivity index (χ0n) is 18.9. The Kier molecular flexibility index (Phi) is 26.2. The number of aliphatic carboxylic acids is 5. The van der Waals surface area contributed by atoms with Crippen LogP contribution in [0.5, 0.6) is 0 Å². The molecule has 0 aromatic rings. The number of nitrogens with one attached hydrogen (secondary N) is 1. The topological polar surface area (TPSA) is 343 Å². The van der Waals surface area contributed by atoms with Crippen LogP contribution in [0.15, 0.2) is 0 Å². The zero-order valence-corrected chi connectivity index (χ0v) is 18.9. The third-order valence-electron chi connectivity index (χ3n) is 3.24. The van der Waals surface area contributed by atoms with Crippen LogP contribution in [0.4, 0.5) is 0 Å². The lowest BCUT2D eigenvalue weighted by molar-refractivity contribution is -0.141. The summed E-state index contributed by atoms with van der Waals surface area (Å²) in [6.07, 6.45) is 0.805. The number of aliphatic hydroxyl groups excluding tert-OH is 2. The molecule has 1 aliphatic rings. The molecule has 0 aliphatic carbocycles. The predicted octanol–water partition coefficient (Wildman–Crippen LogP) is -4.56. The van der Waals surface area contributed by atoms with Gasteiger partial charge in [0, 0.05) is 0 Å². The molecule has 1 aliphatic heterocycles. The molecule has 17 heteroatoms. The summed E-state index contributed by atoms with van der Waals surface area (Å²) in [4.78, 5) is 48.5. The minimum atomic E-state index is -1.18. The van der Waals surface area contributed by atoms with Gasteiger partial charge in [0.1, 0.15) is 24.2 Å². The first-order chi connectivity index (χ1) is 15.5. The van der Waals surface area contributed by atoms with E-state index in [-0.39, 0.29) is 12.6 Å². The van der Waals surface area contributed by atoms with E-state index in [9.17, 15) is 24.0 Å². The van der Waals surface area contributed by atoms with Crippen molar-refractivity contribution >= 4 is 29.8 Å². The van der Waals surface area contributed by atoms with Crippen molar-refractivity contribution < 1.29 is 59.7 Å². The van der Waals surface area contributed by atoms with Gasteiger partial charge < -0.3 is 64.0 Å². The van der Waals surface area contributed by atoms with E-state index < -0.39 is 60.7 Å². The Morgan fingerprint density at radius 2 is 1.32 bits per heavy atom. The zero-order chi connectivity index (χ0) is 28.0. The molecule has 34 heavy (non-hydrogen) atoms. The highest BCUT2D eigenvalue weighted by Crippen LogP contribution is 2.03. The molecule has 202 valence electrons. The fourth-order valence-electron chi connectivity index (χ4n) is 1.18. The summed E-state index contributed by atoms with van der Waals surface area (Å²) in [6.45, 7) is 2.83. The maximum Gasteiger partial charge on any atom is 0.323 e. The molecular weight excluding hydrogens is 466 g/mol. The molecule has 1 heterocycles. The smallest absolute Gasteiger partial charge is 0.323 e. The second-order valence-electron chi connectivity index (χ2n) is 6.44. The third-order valence-corrected chi connectivity index (χ3v) is 3.24. The van der Waals surface area contributed by atoms with Crippen molar-refractivity contribution in [3.63, 3.8) is 0 Å². The predicted molar refractivity (Wildman–Crippen MR) is 117 cm³/mol. The Hall–Kier alpha value is -2.93. The molecule has 0 spiro atoms. The van der Waals surface area contributed by atoms with Gasteiger partial charge in [0.25, 0.3) is 0 Å². The van der Waals surface area contributed by atoms with Gasteiger partial charge in [-0.3, -0.25) is 24.0 Å². The van der Waals surface area contributed by atoms with Crippen LogP contribution in [-0.2, 0) is 24.0 Å². The van der Waals surface area contributed by atoms with E-state index in [4.69, 9.17) is 52.9 Å². The van der Waals surface area contributed by atoms with E-state index in [1.165, 1.54) is 13.8 Å².